The van der Waals surface area contributed by atoms with Gasteiger partial charge in [0.25, 0.3) is 5.91 Å². The third kappa shape index (κ3) is 6.39. The van der Waals surface area contributed by atoms with E-state index in [0.29, 0.717) is 23.6 Å². The Morgan fingerprint density at radius 2 is 1.72 bits per heavy atom. The molecular weight excluding hydrogens is 369 g/mol. The number of carbonyl (C=O) groups excluding carboxylic acids is 2. The van der Waals surface area contributed by atoms with E-state index >= 15 is 0 Å². The maximum absolute atomic E-state index is 13.0. The molecule has 5 nitrogen and oxygen atoms in total. The zero-order chi connectivity index (χ0) is 20.6. The lowest BCUT2D eigenvalue weighted by Crippen LogP contribution is -2.30. The smallest absolute Gasteiger partial charge is 0.255 e. The minimum atomic E-state index is -0.377. The molecule has 1 atom stereocenters. The Balaban J connectivity index is 1.47. The minimum Gasteiger partial charge on any atom is -0.350 e. The van der Waals surface area contributed by atoms with Crippen molar-refractivity contribution in [3.05, 3.63) is 65.5 Å². The van der Waals surface area contributed by atoms with Crippen molar-refractivity contribution < 1.29 is 14.0 Å². The van der Waals surface area contributed by atoms with Gasteiger partial charge in [0, 0.05) is 17.7 Å². The first kappa shape index (κ1) is 21.0. The lowest BCUT2D eigenvalue weighted by Gasteiger charge is -2.22. The van der Waals surface area contributed by atoms with Gasteiger partial charge in [-0.2, -0.15) is 0 Å². The van der Waals surface area contributed by atoms with Crippen molar-refractivity contribution in [3.63, 3.8) is 0 Å². The molecule has 2 amide bonds. The number of rotatable bonds is 7. The predicted molar refractivity (Wildman–Crippen MR) is 112 cm³/mol. The second-order valence-corrected chi connectivity index (χ2v) is 7.60. The van der Waals surface area contributed by atoms with Crippen molar-refractivity contribution in [2.75, 3.05) is 18.4 Å². The number of nitrogens with one attached hydrogen (secondary N) is 3. The van der Waals surface area contributed by atoms with Gasteiger partial charge in [-0.3, -0.25) is 9.59 Å². The fraction of sp³-hybridized carbons (Fsp3) is 0.391. The number of carbonyl (C=O) groups is 2. The van der Waals surface area contributed by atoms with Crippen LogP contribution in [0.2, 0.25) is 0 Å². The van der Waals surface area contributed by atoms with E-state index in [-0.39, 0.29) is 23.7 Å². The van der Waals surface area contributed by atoms with Crippen LogP contribution in [0.5, 0.6) is 0 Å². The molecule has 1 saturated heterocycles. The first-order valence-electron chi connectivity index (χ1n) is 10.2. The third-order valence-electron chi connectivity index (χ3n) is 5.39. The molecule has 1 heterocycles. The van der Waals surface area contributed by atoms with Gasteiger partial charge in [0.05, 0.1) is 6.04 Å². The lowest BCUT2D eigenvalue weighted by molar-refractivity contribution is -0.122. The molecule has 2 aromatic carbocycles. The number of hydrogen-bond donors (Lipinski definition) is 3. The second kappa shape index (κ2) is 10.2. The molecule has 0 bridgehead atoms. The van der Waals surface area contributed by atoms with E-state index in [2.05, 4.69) is 16.0 Å². The molecule has 1 aliphatic rings. The van der Waals surface area contributed by atoms with Crippen LogP contribution >= 0.6 is 0 Å². The van der Waals surface area contributed by atoms with E-state index in [1.807, 2.05) is 19.1 Å². The maximum atomic E-state index is 13.0. The van der Waals surface area contributed by atoms with Crippen LogP contribution in [0.3, 0.4) is 0 Å². The van der Waals surface area contributed by atoms with Gasteiger partial charge in [0.15, 0.2) is 0 Å². The van der Waals surface area contributed by atoms with E-state index < -0.39 is 0 Å². The largest absolute Gasteiger partial charge is 0.350 e. The minimum absolute atomic E-state index is 0.0738. The van der Waals surface area contributed by atoms with E-state index in [4.69, 9.17) is 0 Å². The predicted octanol–water partition coefficient (Wildman–Crippen LogP) is 4.04. The molecule has 1 unspecified atom stereocenters. The van der Waals surface area contributed by atoms with Gasteiger partial charge < -0.3 is 16.0 Å². The van der Waals surface area contributed by atoms with Gasteiger partial charge in [-0.15, -0.1) is 0 Å². The monoisotopic (exact) mass is 397 g/mol. The van der Waals surface area contributed by atoms with Crippen LogP contribution in [0.4, 0.5) is 10.1 Å². The summed E-state index contributed by atoms with van der Waals surface area (Å²) in [6.45, 7) is 4.05. The van der Waals surface area contributed by atoms with Crippen molar-refractivity contribution in [3.8, 4) is 0 Å². The van der Waals surface area contributed by atoms with Crippen LogP contribution in [0.1, 0.15) is 54.6 Å². The molecular formula is C23H28FN3O2. The van der Waals surface area contributed by atoms with Crippen LogP contribution < -0.4 is 16.0 Å². The second-order valence-electron chi connectivity index (χ2n) is 7.60. The molecule has 0 spiro atoms. The first-order valence-corrected chi connectivity index (χ1v) is 10.2. The standard InChI is InChI=1S/C23H28FN3O2/c1-16(26-22(28)11-2-17-12-14-25-15-13-17)18-5-9-21(10-6-18)27-23(29)19-3-7-20(24)8-4-19/h3-10,16-17,25H,2,11-15H2,1H3,(H,26,28)(H,27,29). The molecule has 0 radical (unpaired) electrons. The highest BCUT2D eigenvalue weighted by Gasteiger charge is 2.16. The summed E-state index contributed by atoms with van der Waals surface area (Å²) in [5.74, 6) is 0.0423. The first-order chi connectivity index (χ1) is 14.0. The zero-order valence-electron chi connectivity index (χ0n) is 16.7. The van der Waals surface area contributed by atoms with Crippen LogP contribution in [-0.4, -0.2) is 24.9 Å². The maximum Gasteiger partial charge on any atom is 0.255 e. The number of anilines is 1. The number of benzene rings is 2. The van der Waals surface area contributed by atoms with Crippen LogP contribution in [0.15, 0.2) is 48.5 Å². The van der Waals surface area contributed by atoms with Crippen molar-refractivity contribution in [2.24, 2.45) is 5.92 Å². The molecule has 3 N–H and O–H groups in total. The average molecular weight is 397 g/mol. The molecule has 0 aliphatic carbocycles. The normalized spacial score (nSPS) is 15.5. The summed E-state index contributed by atoms with van der Waals surface area (Å²) >= 11 is 0. The van der Waals surface area contributed by atoms with Crippen LogP contribution in [0.25, 0.3) is 0 Å². The van der Waals surface area contributed by atoms with Gasteiger partial charge >= 0.3 is 0 Å². The number of amides is 2. The summed E-state index contributed by atoms with van der Waals surface area (Å²) in [6, 6.07) is 12.7. The van der Waals surface area contributed by atoms with Gasteiger partial charge in [-0.25, -0.2) is 4.39 Å². The van der Waals surface area contributed by atoms with Crippen LogP contribution in [-0.2, 0) is 4.79 Å². The summed E-state index contributed by atoms with van der Waals surface area (Å²) < 4.78 is 13.0. The Hall–Kier alpha value is -2.73. The summed E-state index contributed by atoms with van der Waals surface area (Å²) in [5, 5.41) is 9.18. The third-order valence-corrected chi connectivity index (χ3v) is 5.39. The van der Waals surface area contributed by atoms with E-state index in [1.165, 1.54) is 24.3 Å². The molecule has 2 aromatic rings. The summed E-state index contributed by atoms with van der Waals surface area (Å²) in [4.78, 5) is 24.4. The van der Waals surface area contributed by atoms with Gasteiger partial charge in [-0.05, 0) is 87.2 Å². The molecule has 3 rings (SSSR count). The quantitative estimate of drug-likeness (QED) is 0.661. The molecule has 154 valence electrons. The van der Waals surface area contributed by atoms with E-state index in [9.17, 15) is 14.0 Å². The van der Waals surface area contributed by atoms with Gasteiger partial charge in [0.1, 0.15) is 5.82 Å². The Bertz CT molecular complexity index is 815. The fourth-order valence-corrected chi connectivity index (χ4v) is 3.56. The van der Waals surface area contributed by atoms with Crippen molar-refractivity contribution >= 4 is 17.5 Å². The van der Waals surface area contributed by atoms with Crippen molar-refractivity contribution in [2.45, 2.75) is 38.6 Å². The van der Waals surface area contributed by atoms with Gasteiger partial charge in [-0.1, -0.05) is 12.1 Å². The molecule has 0 aromatic heterocycles. The SMILES string of the molecule is CC(NC(=O)CCC1CCNCC1)c1ccc(NC(=O)c2ccc(F)cc2)cc1. The molecule has 6 heteroatoms. The van der Waals surface area contributed by atoms with Crippen molar-refractivity contribution in [1.29, 1.82) is 0 Å². The lowest BCUT2D eigenvalue weighted by atomic mass is 9.93. The topological polar surface area (TPSA) is 70.2 Å². The average Bonchev–Trinajstić information content (AvgIpc) is 2.74. The number of halogens is 1. The number of hydrogen-bond acceptors (Lipinski definition) is 3. The summed E-state index contributed by atoms with van der Waals surface area (Å²) in [7, 11) is 0. The number of piperidine rings is 1. The highest BCUT2D eigenvalue weighted by molar-refractivity contribution is 6.04. The van der Waals surface area contributed by atoms with Gasteiger partial charge in [0.2, 0.25) is 5.91 Å². The Labute approximate surface area is 171 Å². The van der Waals surface area contributed by atoms with Crippen LogP contribution in [0, 0.1) is 11.7 Å². The van der Waals surface area contributed by atoms with E-state index in [1.54, 1.807) is 12.1 Å². The van der Waals surface area contributed by atoms with E-state index in [0.717, 1.165) is 37.9 Å². The fourth-order valence-electron chi connectivity index (χ4n) is 3.56. The Kier molecular flexibility index (Phi) is 7.36. The zero-order valence-corrected chi connectivity index (χ0v) is 16.7. The Morgan fingerprint density at radius 1 is 1.07 bits per heavy atom. The highest BCUT2D eigenvalue weighted by atomic mass is 19.1. The summed E-state index contributed by atoms with van der Waals surface area (Å²) in [6.07, 6.45) is 3.79. The highest BCUT2D eigenvalue weighted by Crippen LogP contribution is 2.20. The van der Waals surface area contributed by atoms with Crippen molar-refractivity contribution in [1.82, 2.24) is 10.6 Å². The molecule has 0 saturated carbocycles. The Morgan fingerprint density at radius 3 is 2.38 bits per heavy atom. The summed E-state index contributed by atoms with van der Waals surface area (Å²) in [5.41, 5.74) is 2.01. The molecule has 1 aliphatic heterocycles. The molecule has 1 fully saturated rings. The molecule has 29 heavy (non-hydrogen) atoms.